The summed E-state index contributed by atoms with van der Waals surface area (Å²) in [6.45, 7) is -0.360. The highest BCUT2D eigenvalue weighted by atomic mass is 32.2. The Labute approximate surface area is 103 Å². The zero-order valence-corrected chi connectivity index (χ0v) is 10.4. The molecular weight excluding hydrogens is 259 g/mol. The highest BCUT2D eigenvalue weighted by Crippen LogP contribution is 2.17. The normalized spacial score (nSPS) is 11.7. The number of aliphatic hydroxyl groups excluding tert-OH is 1. The molecule has 2 rings (SSSR count). The second kappa shape index (κ2) is 4.51. The van der Waals surface area contributed by atoms with Crippen LogP contribution in [0.3, 0.4) is 0 Å². The molecule has 1 aromatic carbocycles. The molecule has 0 bridgehead atoms. The molecule has 0 aliphatic carbocycles. The Kier molecular flexibility index (Phi) is 3.18. The number of sulfone groups is 1. The van der Waals surface area contributed by atoms with E-state index in [-0.39, 0.29) is 11.5 Å². The lowest BCUT2D eigenvalue weighted by Crippen LogP contribution is -2.01. The highest BCUT2D eigenvalue weighted by Gasteiger charge is 2.12. The third-order valence-electron chi connectivity index (χ3n) is 2.45. The Balaban J connectivity index is 2.53. The van der Waals surface area contributed by atoms with Crippen LogP contribution < -0.4 is 0 Å². The lowest BCUT2D eigenvalue weighted by molar-refractivity contribution is 0.280. The topological polar surface area (TPSA) is 72.2 Å². The summed E-state index contributed by atoms with van der Waals surface area (Å²) in [5.41, 5.74) is 0.770. The van der Waals surface area contributed by atoms with Gasteiger partial charge in [0.25, 0.3) is 0 Å². The van der Waals surface area contributed by atoms with Gasteiger partial charge in [0.05, 0.1) is 18.5 Å². The zero-order valence-electron chi connectivity index (χ0n) is 9.54. The molecule has 0 radical (unpaired) electrons. The lowest BCUT2D eigenvalue weighted by atomic mass is 10.2. The van der Waals surface area contributed by atoms with Crippen molar-refractivity contribution in [2.75, 3.05) is 6.26 Å². The van der Waals surface area contributed by atoms with E-state index >= 15 is 0 Å². The van der Waals surface area contributed by atoms with Crippen molar-refractivity contribution < 1.29 is 17.9 Å². The SMILES string of the molecule is CS(=O)(=O)c1cnn(-c2ccc(F)cc2CO)c1. The summed E-state index contributed by atoms with van der Waals surface area (Å²) < 4.78 is 36.9. The van der Waals surface area contributed by atoms with E-state index < -0.39 is 15.7 Å². The summed E-state index contributed by atoms with van der Waals surface area (Å²) in [4.78, 5) is 0.0655. The summed E-state index contributed by atoms with van der Waals surface area (Å²) in [6.07, 6.45) is 3.60. The third kappa shape index (κ3) is 2.41. The molecule has 0 fully saturated rings. The van der Waals surface area contributed by atoms with Crippen LogP contribution in [0.1, 0.15) is 5.56 Å². The molecule has 0 saturated heterocycles. The Morgan fingerprint density at radius 1 is 1.44 bits per heavy atom. The molecule has 1 heterocycles. The fourth-order valence-electron chi connectivity index (χ4n) is 1.53. The van der Waals surface area contributed by atoms with Crippen molar-refractivity contribution >= 4 is 9.84 Å². The van der Waals surface area contributed by atoms with Crippen molar-refractivity contribution in [3.63, 3.8) is 0 Å². The van der Waals surface area contributed by atoms with Crippen molar-refractivity contribution in [2.45, 2.75) is 11.5 Å². The van der Waals surface area contributed by atoms with Crippen LogP contribution in [0, 0.1) is 5.82 Å². The molecular formula is C11H11FN2O3S. The number of rotatable bonds is 3. The zero-order chi connectivity index (χ0) is 13.3. The molecule has 0 saturated carbocycles. The smallest absolute Gasteiger partial charge is 0.178 e. The van der Waals surface area contributed by atoms with Gasteiger partial charge in [-0.15, -0.1) is 0 Å². The van der Waals surface area contributed by atoms with Crippen molar-refractivity contribution in [3.05, 3.63) is 42.0 Å². The minimum Gasteiger partial charge on any atom is -0.392 e. The summed E-state index contributed by atoms with van der Waals surface area (Å²) >= 11 is 0. The third-order valence-corrected chi connectivity index (χ3v) is 3.51. The molecule has 1 aromatic heterocycles. The van der Waals surface area contributed by atoms with Crippen LogP contribution in [0.5, 0.6) is 0 Å². The number of hydrogen-bond donors (Lipinski definition) is 1. The van der Waals surface area contributed by atoms with E-state index in [1.165, 1.54) is 35.3 Å². The fourth-order valence-corrected chi connectivity index (χ4v) is 2.06. The van der Waals surface area contributed by atoms with Gasteiger partial charge in [-0.2, -0.15) is 5.10 Å². The molecule has 18 heavy (non-hydrogen) atoms. The number of benzene rings is 1. The first kappa shape index (κ1) is 12.7. The Morgan fingerprint density at radius 3 is 2.72 bits per heavy atom. The van der Waals surface area contributed by atoms with Crippen LogP contribution in [-0.2, 0) is 16.4 Å². The molecule has 0 aliphatic heterocycles. The first-order valence-electron chi connectivity index (χ1n) is 5.06. The molecule has 0 unspecified atom stereocenters. The predicted octanol–water partition coefficient (Wildman–Crippen LogP) is 0.907. The second-order valence-electron chi connectivity index (χ2n) is 3.82. The van der Waals surface area contributed by atoms with E-state index in [0.717, 1.165) is 6.26 Å². The monoisotopic (exact) mass is 270 g/mol. The number of aliphatic hydroxyl groups is 1. The van der Waals surface area contributed by atoms with Crippen LogP contribution in [-0.4, -0.2) is 29.6 Å². The van der Waals surface area contributed by atoms with E-state index in [1.54, 1.807) is 0 Å². The highest BCUT2D eigenvalue weighted by molar-refractivity contribution is 7.90. The largest absolute Gasteiger partial charge is 0.392 e. The molecule has 96 valence electrons. The van der Waals surface area contributed by atoms with Gasteiger partial charge in [0.2, 0.25) is 0 Å². The van der Waals surface area contributed by atoms with Crippen LogP contribution in [0.15, 0.2) is 35.5 Å². The Hall–Kier alpha value is -1.73. The minimum absolute atomic E-state index is 0.0655. The predicted molar refractivity (Wildman–Crippen MR) is 62.6 cm³/mol. The van der Waals surface area contributed by atoms with Gasteiger partial charge in [-0.05, 0) is 18.2 Å². The first-order valence-corrected chi connectivity index (χ1v) is 6.95. The minimum atomic E-state index is -3.34. The second-order valence-corrected chi connectivity index (χ2v) is 5.84. The summed E-state index contributed by atoms with van der Waals surface area (Å²) in [6, 6.07) is 3.83. The molecule has 0 amide bonds. The van der Waals surface area contributed by atoms with Crippen LogP contribution in [0.25, 0.3) is 5.69 Å². The van der Waals surface area contributed by atoms with Gasteiger partial charge in [-0.3, -0.25) is 0 Å². The standard InChI is InChI=1S/C11H11FN2O3S/c1-18(16,17)10-5-13-14(6-10)11-3-2-9(12)4-8(11)7-15/h2-6,15H,7H2,1H3. The van der Waals surface area contributed by atoms with Crippen molar-refractivity contribution in [1.29, 1.82) is 0 Å². The van der Waals surface area contributed by atoms with E-state index in [2.05, 4.69) is 5.10 Å². The van der Waals surface area contributed by atoms with Gasteiger partial charge in [0, 0.05) is 18.0 Å². The summed E-state index contributed by atoms with van der Waals surface area (Å²) in [5, 5.41) is 13.0. The molecule has 0 aliphatic rings. The van der Waals surface area contributed by atoms with Crippen molar-refractivity contribution in [1.82, 2.24) is 9.78 Å². The first-order chi connectivity index (χ1) is 8.41. The van der Waals surface area contributed by atoms with E-state index in [1.807, 2.05) is 0 Å². The maximum absolute atomic E-state index is 13.0. The van der Waals surface area contributed by atoms with E-state index in [4.69, 9.17) is 5.11 Å². The number of hydrogen-bond acceptors (Lipinski definition) is 4. The quantitative estimate of drug-likeness (QED) is 0.899. The van der Waals surface area contributed by atoms with E-state index in [0.29, 0.717) is 11.3 Å². The average molecular weight is 270 g/mol. The van der Waals surface area contributed by atoms with Crippen LogP contribution in [0.4, 0.5) is 4.39 Å². The van der Waals surface area contributed by atoms with Gasteiger partial charge in [0.15, 0.2) is 9.84 Å². The van der Waals surface area contributed by atoms with Crippen molar-refractivity contribution in [3.8, 4) is 5.69 Å². The van der Waals surface area contributed by atoms with Gasteiger partial charge >= 0.3 is 0 Å². The molecule has 0 spiro atoms. The average Bonchev–Trinajstić information content (AvgIpc) is 2.77. The van der Waals surface area contributed by atoms with Gasteiger partial charge < -0.3 is 5.11 Å². The summed E-state index contributed by atoms with van der Waals surface area (Å²) in [7, 11) is -3.34. The van der Waals surface area contributed by atoms with Gasteiger partial charge in [0.1, 0.15) is 10.7 Å². The maximum atomic E-state index is 13.0. The molecule has 5 nitrogen and oxygen atoms in total. The Bertz CT molecular complexity index is 679. The van der Waals surface area contributed by atoms with Gasteiger partial charge in [-0.1, -0.05) is 0 Å². The summed E-state index contributed by atoms with van der Waals surface area (Å²) in [5.74, 6) is -0.474. The molecule has 2 aromatic rings. The number of aromatic nitrogens is 2. The van der Waals surface area contributed by atoms with E-state index in [9.17, 15) is 12.8 Å². The van der Waals surface area contributed by atoms with Crippen LogP contribution >= 0.6 is 0 Å². The Morgan fingerprint density at radius 2 is 2.17 bits per heavy atom. The molecule has 0 atom stereocenters. The lowest BCUT2D eigenvalue weighted by Gasteiger charge is -2.06. The molecule has 7 heteroatoms. The number of nitrogens with zero attached hydrogens (tertiary/aromatic N) is 2. The maximum Gasteiger partial charge on any atom is 0.178 e. The molecule has 1 N–H and O–H groups in total. The number of halogens is 1. The van der Waals surface area contributed by atoms with Crippen LogP contribution in [0.2, 0.25) is 0 Å². The van der Waals surface area contributed by atoms with Crippen molar-refractivity contribution in [2.24, 2.45) is 0 Å². The fraction of sp³-hybridized carbons (Fsp3) is 0.182. The van der Waals surface area contributed by atoms with Gasteiger partial charge in [-0.25, -0.2) is 17.5 Å².